The first kappa shape index (κ1) is 12.8. The molecule has 0 aliphatic carbocycles. The minimum atomic E-state index is 0.241. The molecule has 2 aromatic heterocycles. The smallest absolute Gasteiger partial charge is 0.241 e. The number of anilines is 2. The van der Waals surface area contributed by atoms with Gasteiger partial charge in [0.05, 0.1) is 0 Å². The van der Waals surface area contributed by atoms with Crippen molar-refractivity contribution in [2.75, 3.05) is 23.7 Å². The van der Waals surface area contributed by atoms with E-state index >= 15 is 0 Å². The Morgan fingerprint density at radius 1 is 1.15 bits per heavy atom. The Bertz CT molecular complexity index is 580. The van der Waals surface area contributed by atoms with Crippen molar-refractivity contribution in [2.45, 2.75) is 20.3 Å². The molecule has 0 spiro atoms. The van der Waals surface area contributed by atoms with Gasteiger partial charge < -0.3 is 10.6 Å². The Morgan fingerprint density at radius 2 is 1.95 bits per heavy atom. The third kappa shape index (κ3) is 2.43. The summed E-state index contributed by atoms with van der Waals surface area (Å²) in [5, 5.41) is 0. The molecule has 0 radical (unpaired) electrons. The zero-order valence-corrected chi connectivity index (χ0v) is 11.8. The highest BCUT2D eigenvalue weighted by atomic mass is 15.3. The maximum Gasteiger partial charge on any atom is 0.241 e. The first-order valence-electron chi connectivity index (χ1n) is 6.88. The van der Waals surface area contributed by atoms with Gasteiger partial charge in [-0.25, -0.2) is 4.98 Å². The molecule has 20 heavy (non-hydrogen) atoms. The summed E-state index contributed by atoms with van der Waals surface area (Å²) in [6, 6.07) is 0. The van der Waals surface area contributed by atoms with Crippen molar-refractivity contribution in [3.63, 3.8) is 0 Å². The van der Waals surface area contributed by atoms with Crippen molar-refractivity contribution in [3.8, 4) is 5.95 Å². The van der Waals surface area contributed by atoms with Crippen molar-refractivity contribution in [2.24, 2.45) is 11.8 Å². The van der Waals surface area contributed by atoms with Gasteiger partial charge in [0.25, 0.3) is 0 Å². The molecule has 7 heteroatoms. The SMILES string of the molecule is CC1CCN(c2nc(N)nc(-n3ccnc3)n2)CC1C. The summed E-state index contributed by atoms with van der Waals surface area (Å²) in [5.41, 5.74) is 5.81. The summed E-state index contributed by atoms with van der Waals surface area (Å²) in [6.45, 7) is 6.46. The molecular formula is C13H19N7. The Hall–Kier alpha value is -2.18. The van der Waals surface area contributed by atoms with Crippen molar-refractivity contribution in [1.82, 2.24) is 24.5 Å². The Morgan fingerprint density at radius 3 is 2.65 bits per heavy atom. The number of aromatic nitrogens is 5. The van der Waals surface area contributed by atoms with Crippen molar-refractivity contribution >= 4 is 11.9 Å². The van der Waals surface area contributed by atoms with Gasteiger partial charge in [0.1, 0.15) is 6.33 Å². The Balaban J connectivity index is 1.90. The summed E-state index contributed by atoms with van der Waals surface area (Å²) in [4.78, 5) is 19.1. The van der Waals surface area contributed by atoms with Gasteiger partial charge in [-0.15, -0.1) is 0 Å². The number of nitrogens with zero attached hydrogens (tertiary/aromatic N) is 6. The number of rotatable bonds is 2. The van der Waals surface area contributed by atoms with E-state index in [-0.39, 0.29) is 5.95 Å². The number of hydrogen-bond donors (Lipinski definition) is 1. The molecule has 2 N–H and O–H groups in total. The van der Waals surface area contributed by atoms with Crippen molar-refractivity contribution in [3.05, 3.63) is 18.7 Å². The van der Waals surface area contributed by atoms with Crippen LogP contribution in [0.25, 0.3) is 5.95 Å². The minimum absolute atomic E-state index is 0.241. The summed E-state index contributed by atoms with van der Waals surface area (Å²) in [7, 11) is 0. The molecule has 7 nitrogen and oxygen atoms in total. The maximum absolute atomic E-state index is 5.81. The zero-order chi connectivity index (χ0) is 14.1. The van der Waals surface area contributed by atoms with Crippen LogP contribution in [0.1, 0.15) is 20.3 Å². The standard InChI is InChI=1S/C13H19N7/c1-9-3-5-19(7-10(9)2)12-16-11(14)17-13(18-12)20-6-4-15-8-20/h4,6,8-10H,3,5,7H2,1-2H3,(H2,14,16,17,18). The first-order valence-corrected chi connectivity index (χ1v) is 6.88. The lowest BCUT2D eigenvalue weighted by molar-refractivity contribution is 0.321. The van der Waals surface area contributed by atoms with E-state index in [0.717, 1.165) is 25.4 Å². The lowest BCUT2D eigenvalue weighted by Gasteiger charge is -2.35. The van der Waals surface area contributed by atoms with E-state index < -0.39 is 0 Å². The van der Waals surface area contributed by atoms with Crippen LogP contribution in [-0.2, 0) is 0 Å². The van der Waals surface area contributed by atoms with Crippen LogP contribution < -0.4 is 10.6 Å². The van der Waals surface area contributed by atoms with E-state index in [0.29, 0.717) is 17.8 Å². The molecule has 2 aromatic rings. The number of nitrogens with two attached hydrogens (primary N) is 1. The molecule has 2 atom stereocenters. The number of piperidine rings is 1. The quantitative estimate of drug-likeness (QED) is 0.882. The topological polar surface area (TPSA) is 85.8 Å². The third-order valence-corrected chi connectivity index (χ3v) is 3.98. The molecule has 3 rings (SSSR count). The largest absolute Gasteiger partial charge is 0.368 e. The van der Waals surface area contributed by atoms with Gasteiger partial charge >= 0.3 is 0 Å². The van der Waals surface area contributed by atoms with Crippen LogP contribution in [0.5, 0.6) is 0 Å². The van der Waals surface area contributed by atoms with Crippen LogP contribution >= 0.6 is 0 Å². The summed E-state index contributed by atoms with van der Waals surface area (Å²) < 4.78 is 1.73. The summed E-state index contributed by atoms with van der Waals surface area (Å²) in [6.07, 6.45) is 6.27. The normalized spacial score (nSPS) is 23.0. The molecule has 1 fully saturated rings. The fourth-order valence-corrected chi connectivity index (χ4v) is 2.45. The summed E-state index contributed by atoms with van der Waals surface area (Å²) >= 11 is 0. The monoisotopic (exact) mass is 273 g/mol. The molecule has 1 aliphatic rings. The molecule has 106 valence electrons. The Kier molecular flexibility index (Phi) is 3.25. The highest BCUT2D eigenvalue weighted by Crippen LogP contribution is 2.25. The molecular weight excluding hydrogens is 254 g/mol. The number of nitrogen functional groups attached to an aromatic ring is 1. The van der Waals surface area contributed by atoms with Crippen LogP contribution in [0.15, 0.2) is 18.7 Å². The van der Waals surface area contributed by atoms with Crippen molar-refractivity contribution < 1.29 is 0 Å². The third-order valence-electron chi connectivity index (χ3n) is 3.98. The molecule has 1 saturated heterocycles. The highest BCUT2D eigenvalue weighted by molar-refractivity contribution is 5.38. The van der Waals surface area contributed by atoms with Gasteiger partial charge in [-0.3, -0.25) is 4.57 Å². The van der Waals surface area contributed by atoms with Gasteiger partial charge in [0, 0.05) is 25.5 Å². The predicted molar refractivity (Wildman–Crippen MR) is 76.5 cm³/mol. The molecule has 0 bridgehead atoms. The van der Waals surface area contributed by atoms with Crippen molar-refractivity contribution in [1.29, 1.82) is 0 Å². The van der Waals surface area contributed by atoms with E-state index in [4.69, 9.17) is 5.73 Å². The first-order chi connectivity index (χ1) is 9.63. The summed E-state index contributed by atoms with van der Waals surface area (Å²) in [5.74, 6) is 2.76. The lowest BCUT2D eigenvalue weighted by atomic mass is 9.89. The van der Waals surface area contributed by atoms with E-state index in [1.807, 2.05) is 0 Å². The molecule has 1 aliphatic heterocycles. The fraction of sp³-hybridized carbons (Fsp3) is 0.538. The lowest BCUT2D eigenvalue weighted by Crippen LogP contribution is -2.39. The van der Waals surface area contributed by atoms with Gasteiger partial charge in [-0.1, -0.05) is 13.8 Å². The molecule has 3 heterocycles. The van der Waals surface area contributed by atoms with Crippen LogP contribution in [-0.4, -0.2) is 37.6 Å². The van der Waals surface area contributed by atoms with Gasteiger partial charge in [-0.05, 0) is 18.3 Å². The van der Waals surface area contributed by atoms with E-state index in [1.165, 1.54) is 0 Å². The average Bonchev–Trinajstić information content (AvgIpc) is 2.95. The van der Waals surface area contributed by atoms with E-state index in [1.54, 1.807) is 23.3 Å². The Labute approximate surface area is 117 Å². The highest BCUT2D eigenvalue weighted by Gasteiger charge is 2.25. The van der Waals surface area contributed by atoms with Gasteiger partial charge in [0.2, 0.25) is 17.8 Å². The second-order valence-corrected chi connectivity index (χ2v) is 5.45. The number of hydrogen-bond acceptors (Lipinski definition) is 6. The number of imidazole rings is 1. The van der Waals surface area contributed by atoms with Crippen LogP contribution in [0, 0.1) is 11.8 Å². The predicted octanol–water partition coefficient (Wildman–Crippen LogP) is 1.12. The van der Waals surface area contributed by atoms with Gasteiger partial charge in [0.15, 0.2) is 0 Å². The zero-order valence-electron chi connectivity index (χ0n) is 11.8. The van der Waals surface area contributed by atoms with Crippen LogP contribution in [0.3, 0.4) is 0 Å². The molecule has 0 amide bonds. The minimum Gasteiger partial charge on any atom is -0.368 e. The van der Waals surface area contributed by atoms with Crippen LogP contribution in [0.2, 0.25) is 0 Å². The van der Waals surface area contributed by atoms with Crippen LogP contribution in [0.4, 0.5) is 11.9 Å². The molecule has 2 unspecified atom stereocenters. The second-order valence-electron chi connectivity index (χ2n) is 5.45. The van der Waals surface area contributed by atoms with Gasteiger partial charge in [-0.2, -0.15) is 15.0 Å². The molecule has 0 aromatic carbocycles. The second kappa shape index (κ2) is 5.07. The molecule has 0 saturated carbocycles. The van der Waals surface area contributed by atoms with E-state index in [2.05, 4.69) is 38.7 Å². The fourth-order valence-electron chi connectivity index (χ4n) is 2.45. The van der Waals surface area contributed by atoms with E-state index in [9.17, 15) is 0 Å². The average molecular weight is 273 g/mol. The maximum atomic E-state index is 5.81.